The molecular weight excluding hydrogens is 543 g/mol. The Balaban J connectivity index is 1.65. The van der Waals surface area contributed by atoms with Crippen LogP contribution in [0.5, 0.6) is 5.75 Å². The zero-order valence-corrected chi connectivity index (χ0v) is 25.1. The van der Waals surface area contributed by atoms with Crippen LogP contribution in [0.2, 0.25) is 0 Å². The van der Waals surface area contributed by atoms with Crippen molar-refractivity contribution in [2.75, 3.05) is 25.9 Å². The van der Waals surface area contributed by atoms with Crippen molar-refractivity contribution >= 4 is 19.5 Å². The summed E-state index contributed by atoms with van der Waals surface area (Å²) in [6.07, 6.45) is 3.64. The topological polar surface area (TPSA) is 112 Å². The van der Waals surface area contributed by atoms with Gasteiger partial charge < -0.3 is 24.1 Å². The van der Waals surface area contributed by atoms with Crippen molar-refractivity contribution in [1.82, 2.24) is 10.4 Å². The highest BCUT2D eigenvalue weighted by molar-refractivity contribution is 7.57. The minimum Gasteiger partial charge on any atom is -0.462 e. The molecule has 0 spiro atoms. The largest absolute Gasteiger partial charge is 0.462 e. The van der Waals surface area contributed by atoms with Crippen LogP contribution in [-0.4, -0.2) is 62.2 Å². The van der Waals surface area contributed by atoms with E-state index >= 15 is 0 Å². The predicted octanol–water partition coefficient (Wildman–Crippen LogP) is 4.84. The molecule has 0 amide bonds. The number of ether oxygens (including phenoxy) is 3. The molecule has 9 nitrogen and oxygen atoms in total. The van der Waals surface area contributed by atoms with E-state index in [1.165, 1.54) is 5.56 Å². The van der Waals surface area contributed by atoms with Gasteiger partial charge >= 0.3 is 19.5 Å². The monoisotopic (exact) mass is 586 g/mol. The zero-order valence-electron chi connectivity index (χ0n) is 24.3. The van der Waals surface area contributed by atoms with Crippen LogP contribution in [0.15, 0.2) is 67.3 Å². The summed E-state index contributed by atoms with van der Waals surface area (Å²) in [6.45, 7) is 10.4. The molecule has 2 aromatic carbocycles. The van der Waals surface area contributed by atoms with Gasteiger partial charge in [-0.3, -0.25) is 14.2 Å². The average Bonchev–Trinajstić information content (AvgIpc) is 3.45. The number of nitrogens with one attached hydrogen (secondary N) is 2. The predicted molar refractivity (Wildman–Crippen MR) is 159 cm³/mol. The van der Waals surface area contributed by atoms with Gasteiger partial charge in [-0.05, 0) is 69.8 Å². The molecule has 2 N–H and O–H groups in total. The number of carbonyl (C=O) groups is 2. The summed E-state index contributed by atoms with van der Waals surface area (Å²) in [4.78, 5) is 25.4. The molecule has 1 unspecified atom stereocenters. The SMILES string of the molecule is C=CCCP(=O)(N[C@@H](C)C(=O)OC(C)C)Oc1ccc(C[C@H](NCCc2ccccc2)C(=O)O[C@H]2CCOC2)cc1. The Hall–Kier alpha value is -2.97. The van der Waals surface area contributed by atoms with E-state index in [0.29, 0.717) is 44.8 Å². The molecule has 0 aromatic heterocycles. The molecule has 0 saturated carbocycles. The number of hydrogen-bond donors (Lipinski definition) is 2. The third kappa shape index (κ3) is 11.4. The molecule has 1 aliphatic heterocycles. The van der Waals surface area contributed by atoms with E-state index < -0.39 is 25.6 Å². The van der Waals surface area contributed by atoms with E-state index in [2.05, 4.69) is 29.1 Å². The van der Waals surface area contributed by atoms with Crippen molar-refractivity contribution in [2.24, 2.45) is 0 Å². The Labute approximate surface area is 243 Å². The van der Waals surface area contributed by atoms with Crippen LogP contribution in [0.1, 0.15) is 44.7 Å². The third-order valence-corrected chi connectivity index (χ3v) is 8.58. The molecule has 41 heavy (non-hydrogen) atoms. The Morgan fingerprint density at radius 3 is 2.44 bits per heavy atom. The lowest BCUT2D eigenvalue weighted by Gasteiger charge is -2.24. The van der Waals surface area contributed by atoms with E-state index in [1.807, 2.05) is 30.3 Å². The van der Waals surface area contributed by atoms with Gasteiger partial charge in [-0.1, -0.05) is 48.5 Å². The van der Waals surface area contributed by atoms with E-state index in [0.717, 1.165) is 12.0 Å². The van der Waals surface area contributed by atoms with Crippen LogP contribution >= 0.6 is 7.52 Å². The van der Waals surface area contributed by atoms with Gasteiger partial charge in [0.1, 0.15) is 23.9 Å². The second-order valence-electron chi connectivity index (χ2n) is 10.4. The van der Waals surface area contributed by atoms with Crippen LogP contribution in [0, 0.1) is 0 Å². The molecule has 10 heteroatoms. The van der Waals surface area contributed by atoms with Crippen molar-refractivity contribution in [3.63, 3.8) is 0 Å². The minimum absolute atomic E-state index is 0.168. The molecular formula is C31H43N2O7P. The van der Waals surface area contributed by atoms with E-state index in [1.54, 1.807) is 39.0 Å². The summed E-state index contributed by atoms with van der Waals surface area (Å²) >= 11 is 0. The Bertz CT molecular complexity index is 1150. The van der Waals surface area contributed by atoms with Crippen molar-refractivity contribution in [1.29, 1.82) is 0 Å². The van der Waals surface area contributed by atoms with Crippen LogP contribution in [0.4, 0.5) is 0 Å². The van der Waals surface area contributed by atoms with Crippen molar-refractivity contribution in [3.05, 3.63) is 78.4 Å². The summed E-state index contributed by atoms with van der Waals surface area (Å²) in [5, 5.41) is 6.20. The molecule has 224 valence electrons. The number of rotatable bonds is 17. The first-order valence-electron chi connectivity index (χ1n) is 14.2. The molecule has 3 rings (SSSR count). The van der Waals surface area contributed by atoms with Gasteiger partial charge in [0, 0.05) is 6.42 Å². The summed E-state index contributed by atoms with van der Waals surface area (Å²) in [5.41, 5.74) is 2.07. The second kappa shape index (κ2) is 16.5. The molecule has 1 fully saturated rings. The van der Waals surface area contributed by atoms with Crippen molar-refractivity contribution in [2.45, 2.75) is 70.7 Å². The second-order valence-corrected chi connectivity index (χ2v) is 12.6. The lowest BCUT2D eigenvalue weighted by Crippen LogP contribution is -2.42. The van der Waals surface area contributed by atoms with Gasteiger partial charge in [-0.25, -0.2) is 5.09 Å². The molecule has 0 radical (unpaired) electrons. The Kier molecular flexibility index (Phi) is 13.1. The van der Waals surface area contributed by atoms with Gasteiger partial charge in [0.2, 0.25) is 0 Å². The number of carbonyl (C=O) groups excluding carboxylic acids is 2. The highest BCUT2D eigenvalue weighted by atomic mass is 31.2. The summed E-state index contributed by atoms with van der Waals surface area (Å²) < 4.78 is 35.8. The quantitative estimate of drug-likeness (QED) is 0.153. The zero-order chi connectivity index (χ0) is 29.7. The van der Waals surface area contributed by atoms with E-state index in [9.17, 15) is 14.2 Å². The summed E-state index contributed by atoms with van der Waals surface area (Å²) in [6, 6.07) is 15.8. The molecule has 1 heterocycles. The molecule has 0 aliphatic carbocycles. The van der Waals surface area contributed by atoms with Gasteiger partial charge in [-0.15, -0.1) is 6.58 Å². The van der Waals surface area contributed by atoms with Crippen LogP contribution in [0.3, 0.4) is 0 Å². The molecule has 2 aromatic rings. The fourth-order valence-corrected chi connectivity index (χ4v) is 6.25. The molecule has 0 bridgehead atoms. The molecule has 1 saturated heterocycles. The Morgan fingerprint density at radius 1 is 1.07 bits per heavy atom. The normalized spacial score (nSPS) is 17.8. The average molecular weight is 587 g/mol. The first-order valence-corrected chi connectivity index (χ1v) is 16.0. The van der Waals surface area contributed by atoms with Gasteiger partial charge in [0.15, 0.2) is 0 Å². The fourth-order valence-electron chi connectivity index (χ4n) is 4.30. The number of esters is 2. The smallest absolute Gasteiger partial charge is 0.323 e. The highest BCUT2D eigenvalue weighted by Crippen LogP contribution is 2.44. The molecule has 1 aliphatic rings. The van der Waals surface area contributed by atoms with Crippen molar-refractivity contribution < 1.29 is 32.9 Å². The van der Waals surface area contributed by atoms with Crippen molar-refractivity contribution in [3.8, 4) is 5.75 Å². The molecule has 4 atom stereocenters. The van der Waals surface area contributed by atoms with E-state index in [-0.39, 0.29) is 24.3 Å². The first-order chi connectivity index (χ1) is 19.7. The fraction of sp³-hybridized carbons (Fsp3) is 0.484. The lowest BCUT2D eigenvalue weighted by molar-refractivity contribution is -0.151. The van der Waals surface area contributed by atoms with Crippen LogP contribution in [-0.2, 0) is 41.2 Å². The first kappa shape index (κ1) is 32.5. The standard InChI is InChI=1S/C31H43N2O7P/c1-5-6-20-41(36,33-24(4)30(34)38-23(2)3)40-27-14-12-26(13-15-27)21-29(31(35)39-28-17-19-37-22-28)32-18-16-25-10-8-7-9-11-25/h5,7-15,23-24,28-29,32H,1,6,16-22H2,2-4H3,(H,33,36)/t24-,28-,29-,41?/m0/s1. The van der Waals surface area contributed by atoms with E-state index in [4.69, 9.17) is 18.7 Å². The minimum atomic E-state index is -3.45. The van der Waals surface area contributed by atoms with Gasteiger partial charge in [0.25, 0.3) is 0 Å². The maximum atomic E-state index is 13.6. The highest BCUT2D eigenvalue weighted by Gasteiger charge is 2.30. The summed E-state index contributed by atoms with van der Waals surface area (Å²) in [5.74, 6) is -0.425. The van der Waals surface area contributed by atoms with Crippen LogP contribution in [0.25, 0.3) is 0 Å². The number of benzene rings is 2. The third-order valence-electron chi connectivity index (χ3n) is 6.44. The van der Waals surface area contributed by atoms with Crippen LogP contribution < -0.4 is 14.9 Å². The number of allylic oxidation sites excluding steroid dienone is 1. The number of hydrogen-bond acceptors (Lipinski definition) is 8. The maximum absolute atomic E-state index is 13.6. The maximum Gasteiger partial charge on any atom is 0.323 e. The lowest BCUT2D eigenvalue weighted by atomic mass is 10.0. The van der Waals surface area contributed by atoms with Gasteiger partial charge in [-0.2, -0.15) is 0 Å². The summed E-state index contributed by atoms with van der Waals surface area (Å²) in [7, 11) is -3.45. The van der Waals surface area contributed by atoms with Gasteiger partial charge in [0.05, 0.1) is 25.5 Å². The Morgan fingerprint density at radius 2 is 1.80 bits per heavy atom.